The van der Waals surface area contributed by atoms with Crippen molar-refractivity contribution >= 4 is 22.4 Å². The van der Waals surface area contributed by atoms with Crippen LogP contribution < -0.4 is 26.2 Å². The van der Waals surface area contributed by atoms with Crippen molar-refractivity contribution in [3.8, 4) is 17.2 Å². The summed E-state index contributed by atoms with van der Waals surface area (Å²) in [5.41, 5.74) is -1.79. The maximum atomic E-state index is 15.4. The van der Waals surface area contributed by atoms with E-state index in [1.807, 2.05) is 12.1 Å². The molecule has 0 saturated carbocycles. The minimum atomic E-state index is -1.42. The molecule has 43 heavy (non-hydrogen) atoms. The highest BCUT2D eigenvalue weighted by atomic mass is 19.2. The number of pyridine rings is 1. The molecule has 2 aliphatic rings. The maximum absolute atomic E-state index is 15.4. The van der Waals surface area contributed by atoms with Gasteiger partial charge in [0.05, 0.1) is 32.1 Å². The van der Waals surface area contributed by atoms with Gasteiger partial charge in [0.15, 0.2) is 17.5 Å². The summed E-state index contributed by atoms with van der Waals surface area (Å²) in [6.45, 7) is -0.503. The third kappa shape index (κ3) is 5.17. The average molecular weight is 594 g/mol. The van der Waals surface area contributed by atoms with Crippen LogP contribution in [0.2, 0.25) is 0 Å². The molecule has 0 saturated heterocycles. The molecule has 2 aliphatic heterocycles. The minimum absolute atomic E-state index is 0.00490. The third-order valence-corrected chi connectivity index (χ3v) is 7.18. The van der Waals surface area contributed by atoms with Crippen LogP contribution in [0.15, 0.2) is 64.4 Å². The second-order valence-corrected chi connectivity index (χ2v) is 9.87. The third-order valence-electron chi connectivity index (χ3n) is 7.18. The van der Waals surface area contributed by atoms with E-state index in [0.717, 1.165) is 20.8 Å². The number of ether oxygens (including phenoxy) is 2. The van der Waals surface area contributed by atoms with Crippen LogP contribution in [0.3, 0.4) is 0 Å². The van der Waals surface area contributed by atoms with Crippen molar-refractivity contribution in [3.63, 3.8) is 0 Å². The Morgan fingerprint density at radius 1 is 0.977 bits per heavy atom. The molecular weight excluding hydrogens is 570 g/mol. The Bertz CT molecular complexity index is 2010. The number of halogens is 4. The highest BCUT2D eigenvalue weighted by molar-refractivity contribution is 5.92. The molecule has 0 unspecified atom stereocenters. The zero-order valence-corrected chi connectivity index (χ0v) is 22.7. The molecule has 220 valence electrons. The van der Waals surface area contributed by atoms with Crippen molar-refractivity contribution in [2.75, 3.05) is 19.0 Å². The number of hydrogen-bond donors (Lipinski definition) is 1. The summed E-state index contributed by atoms with van der Waals surface area (Å²) in [7, 11) is 1.35. The van der Waals surface area contributed by atoms with Gasteiger partial charge in [0, 0.05) is 40.7 Å². The highest BCUT2D eigenvalue weighted by Gasteiger charge is 2.23. The molecule has 0 fully saturated rings. The van der Waals surface area contributed by atoms with Gasteiger partial charge in [-0.05, 0) is 30.9 Å². The fraction of sp³-hybridized carbons (Fsp3) is 0.200. The predicted octanol–water partition coefficient (Wildman–Crippen LogP) is 5.01. The Morgan fingerprint density at radius 2 is 1.79 bits per heavy atom. The number of aromatic nitrogens is 4. The molecule has 3 aromatic carbocycles. The molecular formula is C30H23F4N5O4. The van der Waals surface area contributed by atoms with Gasteiger partial charge >= 0.3 is 11.4 Å². The quantitative estimate of drug-likeness (QED) is 0.232. The van der Waals surface area contributed by atoms with E-state index in [1.54, 1.807) is 12.3 Å². The lowest BCUT2D eigenvalue weighted by atomic mass is 10.00. The molecule has 0 aliphatic carbocycles. The number of aryl methyl sites for hydroxylation is 1. The van der Waals surface area contributed by atoms with Gasteiger partial charge in [0.25, 0.3) is 0 Å². The molecule has 13 heteroatoms. The first-order chi connectivity index (χ1) is 20.7. The van der Waals surface area contributed by atoms with E-state index in [9.17, 15) is 22.8 Å². The van der Waals surface area contributed by atoms with Crippen LogP contribution in [0.1, 0.15) is 24.0 Å². The molecule has 1 N–H and O–H groups in total. The number of benzene rings is 3. The van der Waals surface area contributed by atoms with Gasteiger partial charge in [-0.25, -0.2) is 31.7 Å². The molecule has 0 atom stereocenters. The minimum Gasteiger partial charge on any atom is -0.497 e. The lowest BCUT2D eigenvalue weighted by Gasteiger charge is -2.19. The molecule has 0 spiro atoms. The zero-order valence-electron chi connectivity index (χ0n) is 22.7. The first-order valence-electron chi connectivity index (χ1n) is 13.3. The molecule has 4 heterocycles. The van der Waals surface area contributed by atoms with Crippen LogP contribution in [-0.4, -0.2) is 32.8 Å². The zero-order chi connectivity index (χ0) is 30.2. The molecule has 2 bridgehead atoms. The van der Waals surface area contributed by atoms with Gasteiger partial charge in [-0.1, -0.05) is 18.2 Å². The Balaban J connectivity index is 1.65. The van der Waals surface area contributed by atoms with Crippen LogP contribution in [0.4, 0.5) is 29.2 Å². The molecule has 2 aromatic heterocycles. The number of nitrogens with one attached hydrogen (secondary N) is 1. The topological polar surface area (TPSA) is 100 Å². The Kier molecular flexibility index (Phi) is 7.30. The highest BCUT2D eigenvalue weighted by Crippen LogP contribution is 2.35. The normalized spacial score (nSPS) is 13.0. The number of methoxy groups -OCH3 is 1. The summed E-state index contributed by atoms with van der Waals surface area (Å²) in [5.74, 6) is -5.11. The number of rotatable bonds is 3. The van der Waals surface area contributed by atoms with Crippen molar-refractivity contribution in [1.29, 1.82) is 0 Å². The smallest absolute Gasteiger partial charge is 0.359 e. The van der Waals surface area contributed by atoms with Gasteiger partial charge in [0.2, 0.25) is 5.95 Å². The van der Waals surface area contributed by atoms with E-state index in [1.165, 1.54) is 19.4 Å². The van der Waals surface area contributed by atoms with Crippen molar-refractivity contribution in [3.05, 3.63) is 110 Å². The summed E-state index contributed by atoms with van der Waals surface area (Å²) in [5, 5.41) is 3.88. The number of anilines is 2. The summed E-state index contributed by atoms with van der Waals surface area (Å²) < 4.78 is 70.7. The molecule has 0 radical (unpaired) electrons. The SMILES string of the molecule is COc1cc(F)c2c(c1)OCCCCc1cccc3cncc(c13)-n1c(=O)nc(n(Cc3cc(F)c(F)cc3F)c1=O)N2. The fourth-order valence-corrected chi connectivity index (χ4v) is 5.09. The maximum Gasteiger partial charge on any atom is 0.359 e. The standard InChI is InChI=1S/C30H23F4N5O4/c1-42-19-10-23(34)27-25(11-19)43-8-3-2-5-16-6-4-7-17-13-35-14-24(26(16)17)39-29(40)37-28(36-27)38(30(39)41)15-18-9-21(32)22(33)12-20(18)31/h4,6-7,9-14H,2-3,5,8,15H2,1H3,(H,36,37,40). The van der Waals surface area contributed by atoms with Crippen molar-refractivity contribution in [2.24, 2.45) is 0 Å². The van der Waals surface area contributed by atoms with E-state index < -0.39 is 52.7 Å². The monoisotopic (exact) mass is 593 g/mol. The number of nitrogens with zero attached hydrogens (tertiary/aromatic N) is 4. The van der Waals surface area contributed by atoms with Crippen LogP contribution in [0, 0.1) is 23.3 Å². The Morgan fingerprint density at radius 3 is 2.60 bits per heavy atom. The van der Waals surface area contributed by atoms with Crippen molar-refractivity contribution in [1.82, 2.24) is 19.1 Å². The van der Waals surface area contributed by atoms with E-state index in [4.69, 9.17) is 9.47 Å². The average Bonchev–Trinajstić information content (AvgIpc) is 2.98. The van der Waals surface area contributed by atoms with Gasteiger partial charge in [-0.15, -0.1) is 0 Å². The first kappa shape index (κ1) is 27.9. The lowest BCUT2D eigenvalue weighted by molar-refractivity contribution is 0.304. The van der Waals surface area contributed by atoms with Crippen LogP contribution >= 0.6 is 0 Å². The summed E-state index contributed by atoms with van der Waals surface area (Å²) in [6, 6.07) is 8.90. The first-order valence-corrected chi connectivity index (χ1v) is 13.3. The number of hydrogen-bond acceptors (Lipinski definition) is 7. The fourth-order valence-electron chi connectivity index (χ4n) is 5.09. The van der Waals surface area contributed by atoms with Gasteiger partial charge in [-0.2, -0.15) is 4.98 Å². The van der Waals surface area contributed by atoms with E-state index >= 15 is 4.39 Å². The van der Waals surface area contributed by atoms with E-state index in [2.05, 4.69) is 15.3 Å². The van der Waals surface area contributed by atoms with E-state index in [0.29, 0.717) is 42.2 Å². The second kappa shape index (κ2) is 11.2. The Hall–Kier alpha value is -5.20. The summed E-state index contributed by atoms with van der Waals surface area (Å²) >= 11 is 0. The van der Waals surface area contributed by atoms with Crippen LogP contribution in [-0.2, 0) is 13.0 Å². The van der Waals surface area contributed by atoms with Crippen molar-refractivity contribution < 1.29 is 27.0 Å². The number of fused-ring (bicyclic) bond motifs is 6. The summed E-state index contributed by atoms with van der Waals surface area (Å²) in [6.07, 6.45) is 4.72. The Labute approximate surface area is 241 Å². The van der Waals surface area contributed by atoms with Gasteiger partial charge in [-0.3, -0.25) is 9.55 Å². The van der Waals surface area contributed by atoms with Gasteiger partial charge < -0.3 is 14.8 Å². The molecule has 9 nitrogen and oxygen atoms in total. The predicted molar refractivity (Wildman–Crippen MR) is 149 cm³/mol. The van der Waals surface area contributed by atoms with Crippen LogP contribution in [0.5, 0.6) is 11.5 Å². The molecule has 0 amide bonds. The second-order valence-electron chi connectivity index (χ2n) is 9.87. The lowest BCUT2D eigenvalue weighted by Crippen LogP contribution is -2.42. The van der Waals surface area contributed by atoms with Gasteiger partial charge in [0.1, 0.15) is 23.0 Å². The van der Waals surface area contributed by atoms with Crippen LogP contribution in [0.25, 0.3) is 16.5 Å². The van der Waals surface area contributed by atoms with Crippen molar-refractivity contribution in [2.45, 2.75) is 25.8 Å². The largest absolute Gasteiger partial charge is 0.497 e. The van der Waals surface area contributed by atoms with E-state index in [-0.39, 0.29) is 29.5 Å². The molecule has 7 rings (SSSR count). The summed E-state index contributed by atoms with van der Waals surface area (Å²) in [4.78, 5) is 35.9. The molecule has 5 aromatic rings.